The number of aryl methyl sites for hydroxylation is 1. The zero-order valence-corrected chi connectivity index (χ0v) is 16.8. The number of hydrogen-bond acceptors (Lipinski definition) is 5. The van der Waals surface area contributed by atoms with Crippen molar-refractivity contribution >= 4 is 35.0 Å². The van der Waals surface area contributed by atoms with Gasteiger partial charge >= 0.3 is 0 Å². The highest BCUT2D eigenvalue weighted by Gasteiger charge is 2.13. The second-order valence-corrected chi connectivity index (χ2v) is 7.27. The van der Waals surface area contributed by atoms with Gasteiger partial charge in [0.2, 0.25) is 5.91 Å². The van der Waals surface area contributed by atoms with Gasteiger partial charge in [0.1, 0.15) is 5.75 Å². The molecule has 0 fully saturated rings. The van der Waals surface area contributed by atoms with Gasteiger partial charge < -0.3 is 14.6 Å². The summed E-state index contributed by atoms with van der Waals surface area (Å²) in [5.41, 5.74) is 2.79. The number of carbonyl (C=O) groups is 1. The summed E-state index contributed by atoms with van der Waals surface area (Å²) in [7, 11) is 3.43. The third kappa shape index (κ3) is 4.61. The van der Waals surface area contributed by atoms with Gasteiger partial charge in [0.25, 0.3) is 0 Å². The molecule has 0 aliphatic carbocycles. The maximum atomic E-state index is 12.2. The summed E-state index contributed by atoms with van der Waals surface area (Å²) < 4.78 is 6.98. The topological polar surface area (TPSA) is 69.0 Å². The molecule has 3 rings (SSSR count). The van der Waals surface area contributed by atoms with Gasteiger partial charge in [-0.25, -0.2) is 0 Å². The molecule has 0 spiro atoms. The Labute approximate surface area is 166 Å². The second-order valence-electron chi connectivity index (χ2n) is 5.92. The van der Waals surface area contributed by atoms with Crippen molar-refractivity contribution in [3.63, 3.8) is 0 Å². The fourth-order valence-electron chi connectivity index (χ4n) is 2.47. The number of nitrogens with zero attached hydrogens (tertiary/aromatic N) is 3. The van der Waals surface area contributed by atoms with Crippen LogP contribution in [0.25, 0.3) is 11.4 Å². The molecule has 0 bridgehead atoms. The maximum Gasteiger partial charge on any atom is 0.234 e. The molecule has 0 unspecified atom stereocenters. The number of carbonyl (C=O) groups excluding carboxylic acids is 1. The molecular formula is C19H19ClN4O2S. The molecular weight excluding hydrogens is 384 g/mol. The number of anilines is 1. The molecule has 3 aromatic rings. The van der Waals surface area contributed by atoms with Crippen LogP contribution >= 0.6 is 23.4 Å². The van der Waals surface area contributed by atoms with Crippen molar-refractivity contribution < 1.29 is 9.53 Å². The van der Waals surface area contributed by atoms with Crippen LogP contribution in [0.4, 0.5) is 5.69 Å². The van der Waals surface area contributed by atoms with Crippen LogP contribution in [0.2, 0.25) is 5.02 Å². The van der Waals surface area contributed by atoms with Crippen LogP contribution in [0.3, 0.4) is 0 Å². The first-order valence-electron chi connectivity index (χ1n) is 8.20. The van der Waals surface area contributed by atoms with Gasteiger partial charge in [0.05, 0.1) is 17.9 Å². The Balaban J connectivity index is 1.62. The molecule has 0 aliphatic rings. The van der Waals surface area contributed by atoms with Crippen LogP contribution < -0.4 is 10.1 Å². The Bertz CT molecular complexity index is 957. The van der Waals surface area contributed by atoms with Gasteiger partial charge in [0.15, 0.2) is 11.0 Å². The maximum absolute atomic E-state index is 12.2. The Hall–Kier alpha value is -2.51. The molecule has 140 valence electrons. The largest absolute Gasteiger partial charge is 0.495 e. The Morgan fingerprint density at radius 3 is 2.63 bits per heavy atom. The van der Waals surface area contributed by atoms with Crippen LogP contribution in [0, 0.1) is 6.92 Å². The fourth-order valence-corrected chi connectivity index (χ4v) is 3.43. The van der Waals surface area contributed by atoms with Crippen LogP contribution in [0.1, 0.15) is 5.56 Å². The highest BCUT2D eigenvalue weighted by molar-refractivity contribution is 7.99. The summed E-state index contributed by atoms with van der Waals surface area (Å²) in [5.74, 6) is 1.39. The number of rotatable bonds is 6. The Morgan fingerprint density at radius 2 is 1.96 bits per heavy atom. The first kappa shape index (κ1) is 19.3. The van der Waals surface area contributed by atoms with Crippen molar-refractivity contribution in [2.45, 2.75) is 12.1 Å². The highest BCUT2D eigenvalue weighted by atomic mass is 35.5. The lowest BCUT2D eigenvalue weighted by atomic mass is 10.1. The average Bonchev–Trinajstić information content (AvgIpc) is 3.01. The average molecular weight is 403 g/mol. The predicted molar refractivity (Wildman–Crippen MR) is 109 cm³/mol. The van der Waals surface area contributed by atoms with E-state index >= 15 is 0 Å². The smallest absolute Gasteiger partial charge is 0.234 e. The third-order valence-corrected chi connectivity index (χ3v) is 5.23. The van der Waals surface area contributed by atoms with E-state index < -0.39 is 0 Å². The molecule has 0 atom stereocenters. The van der Waals surface area contributed by atoms with Crippen LogP contribution in [0.15, 0.2) is 47.6 Å². The number of nitrogens with one attached hydrogen (secondary N) is 1. The molecule has 1 aromatic heterocycles. The molecule has 1 amide bonds. The number of aromatic nitrogens is 3. The zero-order valence-electron chi connectivity index (χ0n) is 15.2. The van der Waals surface area contributed by atoms with E-state index in [-0.39, 0.29) is 11.7 Å². The summed E-state index contributed by atoms with van der Waals surface area (Å²) in [4.78, 5) is 12.2. The lowest BCUT2D eigenvalue weighted by Crippen LogP contribution is -2.14. The highest BCUT2D eigenvalue weighted by Crippen LogP contribution is 2.27. The zero-order chi connectivity index (χ0) is 19.4. The summed E-state index contributed by atoms with van der Waals surface area (Å²) >= 11 is 7.40. The van der Waals surface area contributed by atoms with E-state index in [1.54, 1.807) is 25.3 Å². The van der Waals surface area contributed by atoms with Gasteiger partial charge in [0, 0.05) is 18.3 Å². The molecule has 6 nitrogen and oxygen atoms in total. The number of thioether (sulfide) groups is 1. The van der Waals surface area contributed by atoms with Crippen molar-refractivity contribution in [3.05, 3.63) is 53.1 Å². The second kappa shape index (κ2) is 8.45. The number of benzene rings is 2. The van der Waals surface area contributed by atoms with E-state index in [2.05, 4.69) is 15.5 Å². The molecule has 0 saturated heterocycles. The van der Waals surface area contributed by atoms with Crippen molar-refractivity contribution in [3.8, 4) is 17.1 Å². The fraction of sp³-hybridized carbons (Fsp3) is 0.211. The van der Waals surface area contributed by atoms with E-state index in [0.717, 1.165) is 11.4 Å². The quantitative estimate of drug-likeness (QED) is 0.626. The summed E-state index contributed by atoms with van der Waals surface area (Å²) in [5, 5.41) is 12.4. The van der Waals surface area contributed by atoms with Gasteiger partial charge in [-0.3, -0.25) is 4.79 Å². The first-order chi connectivity index (χ1) is 13.0. The molecule has 27 heavy (non-hydrogen) atoms. The molecule has 8 heteroatoms. The number of methoxy groups -OCH3 is 1. The standard InChI is InChI=1S/C19H19ClN4O2S/c1-12-4-6-13(7-5-12)18-22-23-19(24(18)2)27-11-17(25)21-14-8-9-16(26-3)15(20)10-14/h4-10H,11H2,1-3H3,(H,21,25). The molecule has 1 heterocycles. The van der Waals surface area contributed by atoms with E-state index in [0.29, 0.717) is 21.6 Å². The lowest BCUT2D eigenvalue weighted by molar-refractivity contribution is -0.113. The van der Waals surface area contributed by atoms with Crippen molar-refractivity contribution in [1.82, 2.24) is 14.8 Å². The van der Waals surface area contributed by atoms with Gasteiger partial charge in [-0.15, -0.1) is 10.2 Å². The first-order valence-corrected chi connectivity index (χ1v) is 9.57. The number of hydrogen-bond donors (Lipinski definition) is 1. The van der Waals surface area contributed by atoms with Gasteiger partial charge in [-0.05, 0) is 25.1 Å². The normalized spacial score (nSPS) is 10.7. The Morgan fingerprint density at radius 1 is 1.22 bits per heavy atom. The van der Waals surface area contributed by atoms with E-state index in [9.17, 15) is 4.79 Å². The van der Waals surface area contributed by atoms with Crippen molar-refractivity contribution in [1.29, 1.82) is 0 Å². The van der Waals surface area contributed by atoms with Crippen LogP contribution in [-0.2, 0) is 11.8 Å². The minimum absolute atomic E-state index is 0.152. The van der Waals surface area contributed by atoms with Crippen molar-refractivity contribution in [2.24, 2.45) is 7.05 Å². The SMILES string of the molecule is COc1ccc(NC(=O)CSc2nnc(-c3ccc(C)cc3)n2C)cc1Cl. The van der Waals surface area contributed by atoms with Gasteiger partial charge in [-0.1, -0.05) is 53.2 Å². The minimum atomic E-state index is -0.152. The molecule has 0 aliphatic heterocycles. The molecule has 0 saturated carbocycles. The molecule has 2 aromatic carbocycles. The predicted octanol–water partition coefficient (Wildman–Crippen LogP) is 4.18. The van der Waals surface area contributed by atoms with Crippen molar-refractivity contribution in [2.75, 3.05) is 18.2 Å². The van der Waals surface area contributed by atoms with Crippen LogP contribution in [0.5, 0.6) is 5.75 Å². The molecule has 1 N–H and O–H groups in total. The Kier molecular flexibility index (Phi) is 6.03. The number of halogens is 1. The number of amides is 1. The summed E-state index contributed by atoms with van der Waals surface area (Å²) in [6.07, 6.45) is 0. The van der Waals surface area contributed by atoms with Crippen LogP contribution in [-0.4, -0.2) is 33.5 Å². The summed E-state index contributed by atoms with van der Waals surface area (Å²) in [6, 6.07) is 13.2. The lowest BCUT2D eigenvalue weighted by Gasteiger charge is -2.08. The minimum Gasteiger partial charge on any atom is -0.495 e. The van der Waals surface area contributed by atoms with E-state index in [1.807, 2.05) is 42.8 Å². The summed E-state index contributed by atoms with van der Waals surface area (Å²) in [6.45, 7) is 2.04. The monoisotopic (exact) mass is 402 g/mol. The van der Waals surface area contributed by atoms with E-state index in [4.69, 9.17) is 16.3 Å². The van der Waals surface area contributed by atoms with Gasteiger partial charge in [-0.2, -0.15) is 0 Å². The molecule has 0 radical (unpaired) electrons. The number of ether oxygens (including phenoxy) is 1. The third-order valence-electron chi connectivity index (χ3n) is 3.91. The van der Waals surface area contributed by atoms with E-state index in [1.165, 1.54) is 17.3 Å².